The standard InChI is InChI=1S/C46H38N4O/c1-47-45(36-22-13-21-35(29-36)33-17-7-3-8-18-33)50-46(49(50)31-32-15-5-2-6-16-32)37-23-14-24-38(30-37)48-43-39(34-19-9-4-10-20-34)27-28-41-40-25-11-12-26-42(40)51-44(41)43/h2-30,45-48H,31H2,1H3. The zero-order valence-electron chi connectivity index (χ0n) is 28.4. The van der Waals surface area contributed by atoms with E-state index < -0.39 is 0 Å². The molecule has 0 amide bonds. The number of para-hydroxylation sites is 1. The molecule has 9 rings (SSSR count). The summed E-state index contributed by atoms with van der Waals surface area (Å²) in [5.74, 6) is 0. The molecule has 4 atom stereocenters. The van der Waals surface area contributed by atoms with Gasteiger partial charge in [-0.1, -0.05) is 146 Å². The van der Waals surface area contributed by atoms with Crippen molar-refractivity contribution in [3.05, 3.63) is 193 Å². The molecule has 51 heavy (non-hydrogen) atoms. The lowest BCUT2D eigenvalue weighted by Crippen LogP contribution is -2.26. The first-order valence-electron chi connectivity index (χ1n) is 17.5. The van der Waals surface area contributed by atoms with Crippen molar-refractivity contribution < 1.29 is 4.42 Å². The minimum Gasteiger partial charge on any atom is -0.454 e. The van der Waals surface area contributed by atoms with E-state index in [2.05, 4.69) is 184 Å². The molecule has 1 aliphatic heterocycles. The summed E-state index contributed by atoms with van der Waals surface area (Å²) in [5.41, 5.74) is 12.1. The van der Waals surface area contributed by atoms with Crippen LogP contribution in [0.2, 0.25) is 0 Å². The fourth-order valence-corrected chi connectivity index (χ4v) is 7.44. The molecule has 0 saturated carbocycles. The Balaban J connectivity index is 1.10. The molecule has 2 N–H and O–H groups in total. The van der Waals surface area contributed by atoms with E-state index in [0.717, 1.165) is 51.0 Å². The maximum atomic E-state index is 6.56. The van der Waals surface area contributed by atoms with Gasteiger partial charge in [0.05, 0.1) is 5.69 Å². The highest BCUT2D eigenvalue weighted by Crippen LogP contribution is 2.49. The number of anilines is 2. The quantitative estimate of drug-likeness (QED) is 0.143. The summed E-state index contributed by atoms with van der Waals surface area (Å²) in [6.07, 6.45) is 0.0494. The Morgan fingerprint density at radius 1 is 0.608 bits per heavy atom. The van der Waals surface area contributed by atoms with Gasteiger partial charge in [-0.05, 0) is 70.8 Å². The van der Waals surface area contributed by atoms with E-state index >= 15 is 0 Å². The third kappa shape index (κ3) is 5.98. The van der Waals surface area contributed by atoms with Gasteiger partial charge in [-0.25, -0.2) is 5.01 Å². The summed E-state index contributed by atoms with van der Waals surface area (Å²) in [4.78, 5) is 0. The molecule has 5 heteroatoms. The maximum Gasteiger partial charge on any atom is 0.159 e. The van der Waals surface area contributed by atoms with Crippen LogP contribution in [0, 0.1) is 0 Å². The number of nitrogens with one attached hydrogen (secondary N) is 2. The van der Waals surface area contributed by atoms with Crippen molar-refractivity contribution in [3.8, 4) is 22.3 Å². The van der Waals surface area contributed by atoms with Crippen LogP contribution in [-0.2, 0) is 6.54 Å². The predicted molar refractivity (Wildman–Crippen MR) is 209 cm³/mol. The van der Waals surface area contributed by atoms with Gasteiger partial charge in [0.15, 0.2) is 5.58 Å². The van der Waals surface area contributed by atoms with E-state index in [0.29, 0.717) is 0 Å². The van der Waals surface area contributed by atoms with Gasteiger partial charge in [0.2, 0.25) is 0 Å². The van der Waals surface area contributed by atoms with Crippen molar-refractivity contribution in [2.45, 2.75) is 18.9 Å². The third-order valence-corrected chi connectivity index (χ3v) is 9.90. The summed E-state index contributed by atoms with van der Waals surface area (Å²) < 4.78 is 6.56. The fourth-order valence-electron chi connectivity index (χ4n) is 7.44. The lowest BCUT2D eigenvalue weighted by molar-refractivity contribution is 0.209. The first-order chi connectivity index (χ1) is 25.2. The molecular weight excluding hydrogens is 625 g/mol. The summed E-state index contributed by atoms with van der Waals surface area (Å²) in [7, 11) is 2.05. The number of fused-ring (bicyclic) bond motifs is 3. The van der Waals surface area contributed by atoms with E-state index in [9.17, 15) is 0 Å². The van der Waals surface area contributed by atoms with E-state index in [-0.39, 0.29) is 12.3 Å². The molecule has 248 valence electrons. The first kappa shape index (κ1) is 31.0. The molecule has 0 aliphatic carbocycles. The van der Waals surface area contributed by atoms with E-state index in [1.54, 1.807) is 0 Å². The van der Waals surface area contributed by atoms with Crippen molar-refractivity contribution >= 4 is 33.3 Å². The van der Waals surface area contributed by atoms with Crippen molar-refractivity contribution in [3.63, 3.8) is 0 Å². The smallest absolute Gasteiger partial charge is 0.159 e. The number of rotatable bonds is 10. The molecule has 1 aliphatic rings. The molecule has 0 spiro atoms. The first-order valence-corrected chi connectivity index (χ1v) is 17.5. The van der Waals surface area contributed by atoms with Crippen molar-refractivity contribution in [2.75, 3.05) is 12.4 Å². The molecule has 8 aromatic rings. The Hall–Kier alpha value is -5.98. The number of benzene rings is 7. The highest BCUT2D eigenvalue weighted by atomic mass is 16.3. The monoisotopic (exact) mass is 662 g/mol. The Morgan fingerprint density at radius 3 is 2.08 bits per heavy atom. The predicted octanol–water partition coefficient (Wildman–Crippen LogP) is 11.3. The van der Waals surface area contributed by atoms with E-state index in [1.807, 2.05) is 19.2 Å². The lowest BCUT2D eigenvalue weighted by atomic mass is 10.0. The van der Waals surface area contributed by atoms with Gasteiger partial charge < -0.3 is 9.73 Å². The van der Waals surface area contributed by atoms with Crippen LogP contribution >= 0.6 is 0 Å². The van der Waals surface area contributed by atoms with Crippen LogP contribution in [-0.4, -0.2) is 17.1 Å². The van der Waals surface area contributed by atoms with Crippen LogP contribution in [0.4, 0.5) is 11.4 Å². The molecule has 2 heterocycles. The molecule has 5 nitrogen and oxygen atoms in total. The van der Waals surface area contributed by atoms with Crippen LogP contribution in [0.1, 0.15) is 29.0 Å². The van der Waals surface area contributed by atoms with Gasteiger partial charge in [0.25, 0.3) is 0 Å². The maximum absolute atomic E-state index is 6.56. The molecule has 1 saturated heterocycles. The van der Waals surface area contributed by atoms with E-state index in [1.165, 1.54) is 27.8 Å². The number of hydrogen-bond donors (Lipinski definition) is 2. The van der Waals surface area contributed by atoms with Crippen LogP contribution in [0.3, 0.4) is 0 Å². The minimum atomic E-state index is -0.0204. The SMILES string of the molecule is CNC(c1cccc(-c2ccccc2)c1)N1C(c2cccc(Nc3c(-c4ccccc4)ccc4c3oc3ccccc34)c2)N1Cc1ccccc1. The van der Waals surface area contributed by atoms with Gasteiger partial charge in [0.1, 0.15) is 17.9 Å². The van der Waals surface area contributed by atoms with Crippen LogP contribution in [0.25, 0.3) is 44.2 Å². The van der Waals surface area contributed by atoms with Gasteiger partial charge in [0, 0.05) is 28.6 Å². The molecule has 0 radical (unpaired) electrons. The van der Waals surface area contributed by atoms with Crippen molar-refractivity contribution in [2.24, 2.45) is 0 Å². The normalized spacial score (nSPS) is 17.4. The number of furan rings is 1. The van der Waals surface area contributed by atoms with E-state index in [4.69, 9.17) is 4.42 Å². The van der Waals surface area contributed by atoms with Gasteiger partial charge in [-0.2, -0.15) is 5.01 Å². The summed E-state index contributed by atoms with van der Waals surface area (Å²) in [6, 6.07) is 62.2. The second-order valence-corrected chi connectivity index (χ2v) is 13.1. The summed E-state index contributed by atoms with van der Waals surface area (Å²) in [5, 5.41) is 14.6. The van der Waals surface area contributed by atoms with Crippen LogP contribution in [0.15, 0.2) is 180 Å². The fraction of sp³-hybridized carbons (Fsp3) is 0.0870. The van der Waals surface area contributed by atoms with Crippen molar-refractivity contribution in [1.29, 1.82) is 0 Å². The average Bonchev–Trinajstić information content (AvgIpc) is 3.75. The minimum absolute atomic E-state index is 0.0204. The number of hydrogen-bond acceptors (Lipinski definition) is 5. The number of nitrogens with zero attached hydrogens (tertiary/aromatic N) is 2. The Bertz CT molecular complexity index is 2440. The summed E-state index contributed by atoms with van der Waals surface area (Å²) in [6.45, 7) is 0.802. The van der Waals surface area contributed by atoms with Gasteiger partial charge >= 0.3 is 0 Å². The van der Waals surface area contributed by atoms with Crippen LogP contribution in [0.5, 0.6) is 0 Å². The molecule has 7 aromatic carbocycles. The molecular formula is C46H38N4O. The van der Waals surface area contributed by atoms with Gasteiger partial charge in [-0.15, -0.1) is 0 Å². The molecule has 0 bridgehead atoms. The zero-order valence-corrected chi connectivity index (χ0v) is 28.4. The third-order valence-electron chi connectivity index (χ3n) is 9.90. The van der Waals surface area contributed by atoms with Crippen LogP contribution < -0.4 is 10.6 Å². The topological polar surface area (TPSA) is 43.2 Å². The average molecular weight is 663 g/mol. The largest absolute Gasteiger partial charge is 0.454 e. The number of hydrazine groups is 1. The Morgan fingerprint density at radius 2 is 1.29 bits per heavy atom. The second-order valence-electron chi connectivity index (χ2n) is 13.1. The molecule has 1 aromatic heterocycles. The van der Waals surface area contributed by atoms with Gasteiger partial charge in [-0.3, -0.25) is 5.32 Å². The van der Waals surface area contributed by atoms with Crippen molar-refractivity contribution in [1.82, 2.24) is 15.3 Å². The molecule has 1 fully saturated rings. The Kier molecular flexibility index (Phi) is 8.14. The zero-order chi connectivity index (χ0) is 34.1. The highest BCUT2D eigenvalue weighted by Gasteiger charge is 2.50. The lowest BCUT2D eigenvalue weighted by Gasteiger charge is -2.20. The molecule has 4 unspecified atom stereocenters. The summed E-state index contributed by atoms with van der Waals surface area (Å²) >= 11 is 0. The highest BCUT2D eigenvalue weighted by molar-refractivity contribution is 6.12. The Labute approximate surface area is 298 Å². The second kappa shape index (κ2) is 13.4.